The van der Waals surface area contributed by atoms with Crippen molar-refractivity contribution in [2.24, 2.45) is 5.41 Å². The van der Waals surface area contributed by atoms with Crippen LogP contribution in [0.25, 0.3) is 0 Å². The molecule has 1 rings (SSSR count). The number of nitrogens with one attached hydrogen (secondary N) is 1. The van der Waals surface area contributed by atoms with E-state index in [0.29, 0.717) is 18.4 Å². The number of aromatic hydroxyl groups is 1. The summed E-state index contributed by atoms with van der Waals surface area (Å²) in [6.07, 6.45) is 0.611. The molecule has 2 N–H and O–H groups in total. The maximum Gasteiger partial charge on any atom is 0.254 e. The molecule has 1 aromatic rings. The maximum absolute atomic E-state index is 13.5. The second-order valence-electron chi connectivity index (χ2n) is 5.17. The predicted molar refractivity (Wildman–Crippen MR) is 69.4 cm³/mol. The molecule has 0 radical (unpaired) electrons. The zero-order valence-corrected chi connectivity index (χ0v) is 11.8. The van der Waals surface area contributed by atoms with Gasteiger partial charge in [-0.25, -0.2) is 8.78 Å². The van der Waals surface area contributed by atoms with Gasteiger partial charge in [-0.2, -0.15) is 4.39 Å². The molecule has 3 nitrogen and oxygen atoms in total. The summed E-state index contributed by atoms with van der Waals surface area (Å²) >= 11 is 5.61. The lowest BCUT2D eigenvalue weighted by molar-refractivity contribution is 0.0930. The molecule has 0 saturated heterocycles. The fraction of sp³-hybridized carbons (Fsp3) is 0.462. The fourth-order valence-electron chi connectivity index (χ4n) is 1.51. The minimum atomic E-state index is -1.72. The number of phenolic OH excluding ortho intramolecular Hbond substituents is 1. The van der Waals surface area contributed by atoms with Gasteiger partial charge in [-0.1, -0.05) is 13.8 Å². The van der Waals surface area contributed by atoms with Crippen LogP contribution in [0.15, 0.2) is 6.07 Å². The van der Waals surface area contributed by atoms with Gasteiger partial charge in [-0.05, 0) is 17.9 Å². The maximum atomic E-state index is 13.5. The van der Waals surface area contributed by atoms with Crippen LogP contribution in [0.5, 0.6) is 5.75 Å². The Balaban J connectivity index is 2.89. The molecule has 112 valence electrons. The zero-order valence-electron chi connectivity index (χ0n) is 11.1. The summed E-state index contributed by atoms with van der Waals surface area (Å²) in [5.41, 5.74) is -1.07. The Labute approximate surface area is 119 Å². The average Bonchev–Trinajstić information content (AvgIpc) is 2.38. The van der Waals surface area contributed by atoms with Gasteiger partial charge in [0.05, 0.1) is 5.56 Å². The number of hydrogen-bond acceptors (Lipinski definition) is 2. The Hall–Kier alpha value is -1.43. The third-order valence-electron chi connectivity index (χ3n) is 2.88. The van der Waals surface area contributed by atoms with Crippen LogP contribution in [0.2, 0.25) is 0 Å². The molecule has 0 spiro atoms. The van der Waals surface area contributed by atoms with Crippen molar-refractivity contribution in [3.8, 4) is 5.75 Å². The lowest BCUT2D eigenvalue weighted by Gasteiger charge is -2.23. The normalized spacial score (nSPS) is 11.5. The van der Waals surface area contributed by atoms with Crippen LogP contribution in [0.4, 0.5) is 13.2 Å². The molecule has 0 aliphatic rings. The van der Waals surface area contributed by atoms with E-state index in [4.69, 9.17) is 16.7 Å². The molecule has 0 heterocycles. The van der Waals surface area contributed by atoms with Crippen LogP contribution in [-0.4, -0.2) is 23.4 Å². The van der Waals surface area contributed by atoms with Crippen molar-refractivity contribution in [3.63, 3.8) is 0 Å². The van der Waals surface area contributed by atoms with Crippen molar-refractivity contribution in [3.05, 3.63) is 29.1 Å². The number of phenols is 1. The highest BCUT2D eigenvalue weighted by Crippen LogP contribution is 2.26. The highest BCUT2D eigenvalue weighted by Gasteiger charge is 2.24. The van der Waals surface area contributed by atoms with Crippen molar-refractivity contribution in [2.75, 3.05) is 12.4 Å². The molecule has 0 aromatic heterocycles. The second kappa shape index (κ2) is 6.35. The van der Waals surface area contributed by atoms with E-state index in [1.165, 1.54) is 0 Å². The van der Waals surface area contributed by atoms with Gasteiger partial charge in [0.25, 0.3) is 5.91 Å². The minimum absolute atomic E-state index is 0.178. The Morgan fingerprint density at radius 1 is 1.35 bits per heavy atom. The van der Waals surface area contributed by atoms with Crippen LogP contribution in [0.3, 0.4) is 0 Å². The summed E-state index contributed by atoms with van der Waals surface area (Å²) in [4.78, 5) is 11.7. The molecule has 0 bridgehead atoms. The largest absolute Gasteiger partial charge is 0.503 e. The molecule has 0 aliphatic carbocycles. The quantitative estimate of drug-likeness (QED) is 0.648. The van der Waals surface area contributed by atoms with E-state index >= 15 is 0 Å². The number of benzene rings is 1. The lowest BCUT2D eigenvalue weighted by Crippen LogP contribution is -2.34. The highest BCUT2D eigenvalue weighted by molar-refractivity contribution is 6.17. The van der Waals surface area contributed by atoms with Gasteiger partial charge in [-0.15, -0.1) is 11.6 Å². The first kappa shape index (κ1) is 16.6. The average molecular weight is 310 g/mol. The molecule has 1 amide bonds. The fourth-order valence-corrected chi connectivity index (χ4v) is 2.03. The lowest BCUT2D eigenvalue weighted by atomic mass is 9.90. The number of carbonyl (C=O) groups excluding carboxylic acids is 1. The Kier molecular flexibility index (Phi) is 5.28. The minimum Gasteiger partial charge on any atom is -0.503 e. The Bertz CT molecular complexity index is 521. The van der Waals surface area contributed by atoms with E-state index in [1.54, 1.807) is 0 Å². The van der Waals surface area contributed by atoms with E-state index in [2.05, 4.69) is 5.32 Å². The van der Waals surface area contributed by atoms with E-state index in [-0.39, 0.29) is 12.0 Å². The van der Waals surface area contributed by atoms with Gasteiger partial charge >= 0.3 is 0 Å². The Morgan fingerprint density at radius 2 is 1.95 bits per heavy atom. The first-order valence-corrected chi connectivity index (χ1v) is 6.43. The molecular weight excluding hydrogens is 295 g/mol. The summed E-state index contributed by atoms with van der Waals surface area (Å²) in [5, 5.41) is 11.4. The molecular formula is C13H15ClF3NO2. The number of halogens is 4. The number of hydrogen-bond donors (Lipinski definition) is 2. The van der Waals surface area contributed by atoms with Crippen molar-refractivity contribution < 1.29 is 23.1 Å². The monoisotopic (exact) mass is 309 g/mol. The van der Waals surface area contributed by atoms with Crippen molar-refractivity contribution in [1.82, 2.24) is 5.32 Å². The van der Waals surface area contributed by atoms with Gasteiger partial charge in [0.1, 0.15) is 0 Å². The van der Waals surface area contributed by atoms with Gasteiger partial charge in [0, 0.05) is 12.4 Å². The smallest absolute Gasteiger partial charge is 0.254 e. The summed E-state index contributed by atoms with van der Waals surface area (Å²) in [6.45, 7) is 3.86. The Morgan fingerprint density at radius 3 is 2.50 bits per heavy atom. The van der Waals surface area contributed by atoms with Crippen molar-refractivity contribution in [1.29, 1.82) is 0 Å². The van der Waals surface area contributed by atoms with Gasteiger partial charge < -0.3 is 10.4 Å². The second-order valence-corrected chi connectivity index (χ2v) is 5.55. The van der Waals surface area contributed by atoms with Gasteiger partial charge in [0.2, 0.25) is 5.82 Å². The first-order valence-electron chi connectivity index (χ1n) is 5.90. The number of alkyl halides is 1. The summed E-state index contributed by atoms with van der Waals surface area (Å²) in [5.74, 6) is -6.75. The topological polar surface area (TPSA) is 49.3 Å². The number of amides is 1. The molecule has 0 unspecified atom stereocenters. The molecule has 0 aliphatic heterocycles. The summed E-state index contributed by atoms with van der Waals surface area (Å²) < 4.78 is 39.5. The molecule has 0 atom stereocenters. The third kappa shape index (κ3) is 3.79. The number of carbonyl (C=O) groups is 1. The predicted octanol–water partition coefficient (Wildman–Crippen LogP) is 3.19. The first-order chi connectivity index (χ1) is 9.19. The number of rotatable bonds is 5. The third-order valence-corrected chi connectivity index (χ3v) is 3.07. The van der Waals surface area contributed by atoms with Crippen LogP contribution >= 0.6 is 11.6 Å². The van der Waals surface area contributed by atoms with Crippen LogP contribution in [0.1, 0.15) is 30.6 Å². The van der Waals surface area contributed by atoms with Crippen molar-refractivity contribution >= 4 is 17.5 Å². The zero-order chi connectivity index (χ0) is 15.5. The summed E-state index contributed by atoms with van der Waals surface area (Å²) in [6, 6.07) is 0.411. The summed E-state index contributed by atoms with van der Waals surface area (Å²) in [7, 11) is 0. The van der Waals surface area contributed by atoms with E-state index in [0.717, 1.165) is 0 Å². The molecule has 0 saturated carbocycles. The molecule has 1 aromatic carbocycles. The van der Waals surface area contributed by atoms with Gasteiger partial charge in [0.15, 0.2) is 17.4 Å². The molecule has 7 heteroatoms. The highest BCUT2D eigenvalue weighted by atomic mass is 35.5. The van der Waals surface area contributed by atoms with E-state index < -0.39 is 34.7 Å². The van der Waals surface area contributed by atoms with Crippen LogP contribution < -0.4 is 5.32 Å². The van der Waals surface area contributed by atoms with Gasteiger partial charge in [-0.3, -0.25) is 4.79 Å². The molecule has 0 fully saturated rings. The van der Waals surface area contributed by atoms with Crippen LogP contribution in [0, 0.1) is 22.9 Å². The SMILES string of the molecule is CC(C)(CCCl)CNC(=O)c1cc(F)c(F)c(O)c1F. The van der Waals surface area contributed by atoms with Crippen molar-refractivity contribution in [2.45, 2.75) is 20.3 Å². The van der Waals surface area contributed by atoms with E-state index in [9.17, 15) is 18.0 Å². The van der Waals surface area contributed by atoms with E-state index in [1.807, 2.05) is 13.8 Å². The standard InChI is InChI=1S/C13H15ClF3NO2/c1-13(2,3-4-14)6-18-12(20)7-5-8(15)10(17)11(19)9(7)16/h5,19H,3-4,6H2,1-2H3,(H,18,20). The molecule has 20 heavy (non-hydrogen) atoms. The van der Waals surface area contributed by atoms with Crippen LogP contribution in [-0.2, 0) is 0 Å².